The van der Waals surface area contributed by atoms with Crippen LogP contribution in [-0.2, 0) is 17.3 Å². The number of hydrogen-bond donors (Lipinski definition) is 0. The zero-order valence-electron chi connectivity index (χ0n) is 50.6. The van der Waals surface area contributed by atoms with E-state index >= 15 is 0 Å². The van der Waals surface area contributed by atoms with Gasteiger partial charge in [-0.25, -0.2) is 0 Å². The van der Waals surface area contributed by atoms with Crippen LogP contribution in [0.5, 0.6) is 0 Å². The molecule has 2 unspecified atom stereocenters. The van der Waals surface area contributed by atoms with Crippen LogP contribution in [0.25, 0.3) is 132 Å². The molecule has 1 spiro atoms. The first-order valence-corrected chi connectivity index (χ1v) is 32.1. The first-order valence-electron chi connectivity index (χ1n) is 32.1. The monoisotopic (exact) mass is 1160 g/mol. The molecule has 0 saturated heterocycles. The van der Waals surface area contributed by atoms with Crippen molar-refractivity contribution in [3.8, 4) is 77.9 Å². The van der Waals surface area contributed by atoms with Gasteiger partial charge >= 0.3 is 0 Å². The Morgan fingerprint density at radius 1 is 0.264 bits per heavy atom. The lowest BCUT2D eigenvalue weighted by Gasteiger charge is -2.31. The Kier molecular flexibility index (Phi) is 11.2. The Balaban J connectivity index is 0.742. The van der Waals surface area contributed by atoms with E-state index in [1.54, 1.807) is 0 Å². The predicted octanol–water partition coefficient (Wildman–Crippen LogP) is 23.7. The van der Waals surface area contributed by atoms with Crippen LogP contribution in [0, 0.1) is 0 Å². The van der Waals surface area contributed by atoms with E-state index in [0.717, 1.165) is 28.4 Å². The second-order valence-corrected chi connectivity index (χ2v) is 26.2. The summed E-state index contributed by atoms with van der Waals surface area (Å²) in [5, 5.41) is 9.73. The summed E-state index contributed by atoms with van der Waals surface area (Å²) in [7, 11) is 0. The molecule has 15 aromatic carbocycles. The molecular weight excluding hydrogens is 1100 g/mol. The van der Waals surface area contributed by atoms with Crippen LogP contribution in [0.1, 0.15) is 69.8 Å². The molecule has 0 fully saturated rings. The summed E-state index contributed by atoms with van der Waals surface area (Å²) in [4.78, 5) is 0. The van der Waals surface area contributed by atoms with Gasteiger partial charge in [0.2, 0.25) is 0 Å². The fourth-order valence-electron chi connectivity index (χ4n) is 16.6. The highest BCUT2D eigenvalue weighted by molar-refractivity contribution is 6.14. The van der Waals surface area contributed by atoms with E-state index in [-0.39, 0.29) is 11.3 Å². The molecular formula is C90H60O. The van der Waals surface area contributed by atoms with Crippen LogP contribution in [0.3, 0.4) is 0 Å². The van der Waals surface area contributed by atoms with E-state index in [2.05, 4.69) is 323 Å². The van der Waals surface area contributed by atoms with Crippen molar-refractivity contribution in [1.82, 2.24) is 0 Å². The maximum absolute atomic E-state index is 6.73. The Morgan fingerprint density at radius 3 is 1.52 bits per heavy atom. The quantitative estimate of drug-likeness (QED) is 0.138. The van der Waals surface area contributed by atoms with Crippen LogP contribution in [0.15, 0.2) is 314 Å². The summed E-state index contributed by atoms with van der Waals surface area (Å²) in [5.74, 6) is 0.0476. The molecule has 0 radical (unpaired) electrons. The maximum atomic E-state index is 6.73. The number of rotatable bonds is 8. The Bertz CT molecular complexity index is 5700. The summed E-state index contributed by atoms with van der Waals surface area (Å²) in [6.07, 6.45) is 0.804. The zero-order chi connectivity index (χ0) is 60.1. The summed E-state index contributed by atoms with van der Waals surface area (Å²) in [6, 6.07) is 117. The first kappa shape index (κ1) is 51.9. The summed E-state index contributed by atoms with van der Waals surface area (Å²) < 4.78 is 6.73. The van der Waals surface area contributed by atoms with Crippen molar-refractivity contribution in [2.45, 2.75) is 37.0 Å². The van der Waals surface area contributed by atoms with Gasteiger partial charge in [-0.15, -0.1) is 0 Å². The molecule has 1 aromatic heterocycles. The summed E-state index contributed by atoms with van der Waals surface area (Å²) >= 11 is 0. The van der Waals surface area contributed by atoms with Gasteiger partial charge in [-0.05, 0) is 215 Å². The highest BCUT2D eigenvalue weighted by Gasteiger charge is 2.52. The van der Waals surface area contributed by atoms with Gasteiger partial charge in [0.05, 0.1) is 5.41 Å². The number of furan rings is 1. The minimum atomic E-state index is -0.509. The van der Waals surface area contributed by atoms with Gasteiger partial charge in [-0.1, -0.05) is 275 Å². The molecule has 0 aliphatic heterocycles. The van der Waals surface area contributed by atoms with Crippen molar-refractivity contribution in [2.75, 3.05) is 0 Å². The van der Waals surface area contributed by atoms with Crippen LogP contribution in [0.2, 0.25) is 0 Å². The average molecular weight is 1160 g/mol. The molecule has 1 heterocycles. The molecule has 2 atom stereocenters. The fourth-order valence-corrected chi connectivity index (χ4v) is 16.6. The zero-order valence-corrected chi connectivity index (χ0v) is 50.6. The van der Waals surface area contributed by atoms with E-state index in [1.165, 1.54) is 160 Å². The third kappa shape index (κ3) is 7.77. The normalized spacial score (nSPS) is 15.1. The van der Waals surface area contributed by atoms with E-state index in [9.17, 15) is 0 Å². The SMILES string of the molecule is CC1(C)c2ccccc2-c2ccc(C(Cc3ccc4c(c3)oc3cc5ccccc5cc34)c3ccc4c(c3)c(-c3ccc(-c5ccc6c(c5)-c5ccc(-c7ccccc7)cc5C65c6ccccc6-c6ccc(-c7ccccc7)cc65)cc3)cc3ccccc34)cc21. The molecule has 3 aliphatic carbocycles. The van der Waals surface area contributed by atoms with E-state index < -0.39 is 5.41 Å². The Labute approximate surface area is 529 Å². The first-order chi connectivity index (χ1) is 44.8. The molecule has 426 valence electrons. The number of benzene rings is 15. The van der Waals surface area contributed by atoms with Crippen LogP contribution in [0.4, 0.5) is 0 Å². The molecule has 0 N–H and O–H groups in total. The van der Waals surface area contributed by atoms with Gasteiger partial charge in [0.15, 0.2) is 0 Å². The van der Waals surface area contributed by atoms with Crippen LogP contribution < -0.4 is 0 Å². The van der Waals surface area contributed by atoms with Gasteiger partial charge in [0.1, 0.15) is 11.2 Å². The van der Waals surface area contributed by atoms with Gasteiger partial charge in [-0.2, -0.15) is 0 Å². The molecule has 1 nitrogen and oxygen atoms in total. The topological polar surface area (TPSA) is 13.1 Å². The van der Waals surface area contributed by atoms with Crippen LogP contribution >= 0.6 is 0 Å². The minimum Gasteiger partial charge on any atom is -0.456 e. The molecule has 0 saturated carbocycles. The molecule has 1 heteroatoms. The van der Waals surface area contributed by atoms with Crippen molar-refractivity contribution in [3.63, 3.8) is 0 Å². The molecule has 16 aromatic rings. The molecule has 91 heavy (non-hydrogen) atoms. The third-order valence-corrected chi connectivity index (χ3v) is 21.1. The van der Waals surface area contributed by atoms with Gasteiger partial charge < -0.3 is 4.42 Å². The standard InChI is InChI=1S/C90H60O/c1-89(2)81-27-15-13-25-70(81)72-43-37-67(53-84(72)89)76(45-55-29-39-75-80-48-60-21-9-10-22-61(60)54-88(80)91-87(75)46-55)66-36-40-69-68-24-12-11-23-65(68)49-77(78(69)50-66)59-32-30-58(31-33-59)62-38-44-83-79(47-62)74-42-35-64(57-19-7-4-8-20-57)52-86(74)90(83)82-28-16-14-26-71(82)73-41-34-63(51-85(73)90)56-17-5-3-6-18-56/h3-44,46-54,76H,45H2,1-2H3. The summed E-state index contributed by atoms with van der Waals surface area (Å²) in [5.41, 5.74) is 30.8. The predicted molar refractivity (Wildman–Crippen MR) is 380 cm³/mol. The molecule has 0 amide bonds. The van der Waals surface area contributed by atoms with Crippen molar-refractivity contribution >= 4 is 54.3 Å². The highest BCUT2D eigenvalue weighted by Crippen LogP contribution is 2.64. The fraction of sp³-hybridized carbons (Fsp3) is 0.0667. The van der Waals surface area contributed by atoms with E-state index in [1.807, 2.05) is 0 Å². The lowest BCUT2D eigenvalue weighted by Crippen LogP contribution is -2.26. The highest BCUT2D eigenvalue weighted by atomic mass is 16.3. The lowest BCUT2D eigenvalue weighted by atomic mass is 9.70. The van der Waals surface area contributed by atoms with Gasteiger partial charge in [-0.3, -0.25) is 0 Å². The maximum Gasteiger partial charge on any atom is 0.136 e. The average Bonchev–Trinajstić information content (AvgIpc) is 1.51. The molecule has 19 rings (SSSR count). The molecule has 3 aliphatic rings. The smallest absolute Gasteiger partial charge is 0.136 e. The van der Waals surface area contributed by atoms with Gasteiger partial charge in [0, 0.05) is 22.1 Å². The van der Waals surface area contributed by atoms with E-state index in [4.69, 9.17) is 4.42 Å². The minimum absolute atomic E-state index is 0.0476. The van der Waals surface area contributed by atoms with Crippen LogP contribution in [-0.4, -0.2) is 0 Å². The van der Waals surface area contributed by atoms with Gasteiger partial charge in [0.25, 0.3) is 0 Å². The van der Waals surface area contributed by atoms with Crippen molar-refractivity contribution in [2.24, 2.45) is 0 Å². The Hall–Kier alpha value is -11.1. The van der Waals surface area contributed by atoms with Crippen molar-refractivity contribution in [1.29, 1.82) is 0 Å². The largest absolute Gasteiger partial charge is 0.456 e. The number of fused-ring (bicyclic) bond motifs is 20. The molecule has 0 bridgehead atoms. The van der Waals surface area contributed by atoms with E-state index in [0.29, 0.717) is 0 Å². The number of hydrogen-bond acceptors (Lipinski definition) is 1. The van der Waals surface area contributed by atoms with Crippen molar-refractivity contribution in [3.05, 3.63) is 359 Å². The second-order valence-electron chi connectivity index (χ2n) is 26.2. The second kappa shape index (κ2) is 19.7. The third-order valence-electron chi connectivity index (χ3n) is 21.1. The summed E-state index contributed by atoms with van der Waals surface area (Å²) in [6.45, 7) is 4.79. The lowest BCUT2D eigenvalue weighted by molar-refractivity contribution is 0.657. The van der Waals surface area contributed by atoms with Crippen molar-refractivity contribution < 1.29 is 4.42 Å². The Morgan fingerprint density at radius 2 is 0.769 bits per heavy atom.